The number of rotatable bonds is 9. The van der Waals surface area contributed by atoms with E-state index in [-0.39, 0.29) is 30.7 Å². The maximum atomic E-state index is 13.0. The van der Waals surface area contributed by atoms with E-state index in [1.807, 2.05) is 36.4 Å². The van der Waals surface area contributed by atoms with Gasteiger partial charge in [-0.2, -0.15) is 0 Å². The number of anilines is 3. The minimum atomic E-state index is -1.04. The molecule has 1 atom stereocenters. The van der Waals surface area contributed by atoms with Gasteiger partial charge in [0.2, 0.25) is 5.91 Å². The molecule has 1 unspecified atom stereocenters. The minimum absolute atomic E-state index is 0.141. The van der Waals surface area contributed by atoms with E-state index >= 15 is 0 Å². The van der Waals surface area contributed by atoms with Crippen LogP contribution < -0.4 is 20.4 Å². The highest BCUT2D eigenvalue weighted by Gasteiger charge is 2.24. The van der Waals surface area contributed by atoms with Crippen molar-refractivity contribution in [1.29, 1.82) is 0 Å². The van der Waals surface area contributed by atoms with Crippen LogP contribution in [0.1, 0.15) is 39.5 Å². The molecule has 5 rings (SSSR count). The van der Waals surface area contributed by atoms with Crippen LogP contribution in [-0.4, -0.2) is 42.5 Å². The van der Waals surface area contributed by atoms with Crippen LogP contribution >= 0.6 is 0 Å². The second-order valence-corrected chi connectivity index (χ2v) is 10.4. The van der Waals surface area contributed by atoms with Gasteiger partial charge in [-0.25, -0.2) is 4.79 Å². The molecule has 4 aromatic rings. The number of carbonyl (C=O) groups is 4. The van der Waals surface area contributed by atoms with Crippen LogP contribution in [0.4, 0.5) is 21.9 Å². The van der Waals surface area contributed by atoms with Crippen molar-refractivity contribution in [2.45, 2.75) is 25.3 Å². The minimum Gasteiger partial charge on any atom is -0.481 e. The Kier molecular flexibility index (Phi) is 8.81. The smallest absolute Gasteiger partial charge is 0.326 e. The summed E-state index contributed by atoms with van der Waals surface area (Å²) in [6.07, 6.45) is 0.698. The predicted octanol–water partition coefficient (Wildman–Crippen LogP) is 5.43. The zero-order valence-electron chi connectivity index (χ0n) is 23.7. The molecule has 9 heteroatoms. The number of likely N-dealkylation sites (N-methyl/N-ethyl adjacent to an activating group) is 1. The van der Waals surface area contributed by atoms with Gasteiger partial charge in [0.1, 0.15) is 0 Å². The van der Waals surface area contributed by atoms with Gasteiger partial charge in [0.05, 0.1) is 18.9 Å². The Labute approximate surface area is 249 Å². The number of carbonyl (C=O) groups excluding carboxylic acids is 3. The first-order chi connectivity index (χ1) is 20.8. The van der Waals surface area contributed by atoms with E-state index in [0.717, 1.165) is 23.2 Å². The number of hydrogen-bond acceptors (Lipinski definition) is 4. The van der Waals surface area contributed by atoms with Crippen molar-refractivity contribution in [3.8, 4) is 0 Å². The Morgan fingerprint density at radius 3 is 2.23 bits per heavy atom. The lowest BCUT2D eigenvalue weighted by atomic mass is 10.0. The van der Waals surface area contributed by atoms with Gasteiger partial charge in [0.15, 0.2) is 0 Å². The molecule has 0 spiro atoms. The summed E-state index contributed by atoms with van der Waals surface area (Å²) >= 11 is 0. The summed E-state index contributed by atoms with van der Waals surface area (Å²) in [6, 6.07) is 29.6. The largest absolute Gasteiger partial charge is 0.481 e. The molecule has 0 aliphatic carbocycles. The Balaban J connectivity index is 1.18. The quantitative estimate of drug-likeness (QED) is 0.245. The van der Waals surface area contributed by atoms with Crippen molar-refractivity contribution in [1.82, 2.24) is 5.32 Å². The lowest BCUT2D eigenvalue weighted by Gasteiger charge is -2.21. The maximum Gasteiger partial charge on any atom is 0.326 e. The number of nitrogens with zero attached hydrogens (tertiary/aromatic N) is 2. The topological polar surface area (TPSA) is 119 Å². The summed E-state index contributed by atoms with van der Waals surface area (Å²) in [7, 11) is 1.67. The van der Waals surface area contributed by atoms with E-state index in [1.54, 1.807) is 78.7 Å². The van der Waals surface area contributed by atoms with E-state index in [2.05, 4.69) is 10.6 Å². The van der Waals surface area contributed by atoms with Crippen molar-refractivity contribution < 1.29 is 24.3 Å². The third kappa shape index (κ3) is 7.08. The molecule has 0 aromatic heterocycles. The number of carboxylic acid groups (broad SMARTS) is 1. The molecular weight excluding hydrogens is 544 g/mol. The summed E-state index contributed by atoms with van der Waals surface area (Å²) in [4.78, 5) is 53.3. The van der Waals surface area contributed by atoms with Gasteiger partial charge in [-0.05, 0) is 65.6 Å². The SMILES string of the molecule is CN(C(=O)Cc1ccc(NC(=O)N2CCc3ccccc32)cc1)c1ccc(C(CC(=O)O)NC(=O)c2ccccc2)cc1. The van der Waals surface area contributed by atoms with Gasteiger partial charge >= 0.3 is 12.0 Å². The van der Waals surface area contributed by atoms with Crippen LogP contribution in [0.5, 0.6) is 0 Å². The molecule has 3 N–H and O–H groups in total. The van der Waals surface area contributed by atoms with E-state index in [0.29, 0.717) is 29.0 Å². The van der Waals surface area contributed by atoms with E-state index in [9.17, 15) is 24.3 Å². The van der Waals surface area contributed by atoms with Crippen LogP contribution in [0.3, 0.4) is 0 Å². The van der Waals surface area contributed by atoms with Crippen molar-refractivity contribution in [2.24, 2.45) is 0 Å². The van der Waals surface area contributed by atoms with Crippen LogP contribution in [0.15, 0.2) is 103 Å². The Bertz CT molecular complexity index is 1620. The number of aliphatic carboxylic acids is 1. The summed E-state index contributed by atoms with van der Waals surface area (Å²) < 4.78 is 0. The summed E-state index contributed by atoms with van der Waals surface area (Å²) in [6.45, 7) is 0.633. The lowest BCUT2D eigenvalue weighted by Crippen LogP contribution is -2.33. The summed E-state index contributed by atoms with van der Waals surface area (Å²) in [5.41, 5.74) is 5.20. The molecular formula is C34H32N4O5. The highest BCUT2D eigenvalue weighted by Crippen LogP contribution is 2.28. The molecule has 9 nitrogen and oxygen atoms in total. The number of para-hydroxylation sites is 1. The number of carboxylic acids is 1. The molecule has 43 heavy (non-hydrogen) atoms. The second-order valence-electron chi connectivity index (χ2n) is 10.4. The molecule has 4 aromatic carbocycles. The van der Waals surface area contributed by atoms with Crippen molar-refractivity contribution in [3.63, 3.8) is 0 Å². The van der Waals surface area contributed by atoms with Crippen molar-refractivity contribution in [2.75, 3.05) is 28.7 Å². The Morgan fingerprint density at radius 2 is 1.53 bits per heavy atom. The van der Waals surface area contributed by atoms with Gasteiger partial charge in [0, 0.05) is 36.2 Å². The van der Waals surface area contributed by atoms with E-state index in [4.69, 9.17) is 0 Å². The molecule has 1 aliphatic rings. The molecule has 218 valence electrons. The zero-order valence-corrected chi connectivity index (χ0v) is 23.7. The number of amides is 4. The molecule has 0 bridgehead atoms. The highest BCUT2D eigenvalue weighted by molar-refractivity contribution is 6.03. The normalized spacial score (nSPS) is 12.6. The third-order valence-electron chi connectivity index (χ3n) is 7.47. The number of urea groups is 1. The molecule has 0 fully saturated rings. The van der Waals surface area contributed by atoms with E-state index < -0.39 is 12.0 Å². The average molecular weight is 577 g/mol. The molecule has 0 radical (unpaired) electrons. The predicted molar refractivity (Wildman–Crippen MR) is 165 cm³/mol. The monoisotopic (exact) mass is 576 g/mol. The lowest BCUT2D eigenvalue weighted by molar-refractivity contribution is -0.137. The van der Waals surface area contributed by atoms with Crippen LogP contribution in [-0.2, 0) is 22.4 Å². The van der Waals surface area contributed by atoms with Gasteiger partial charge in [-0.3, -0.25) is 19.3 Å². The fourth-order valence-electron chi connectivity index (χ4n) is 5.07. The summed E-state index contributed by atoms with van der Waals surface area (Å²) in [5.74, 6) is -1.55. The molecule has 1 aliphatic heterocycles. The standard InChI is InChI=1S/C34H32N4O5/c1-37(28-17-13-24(14-18-28)29(22-32(40)41)36-33(42)26-8-3-2-4-9-26)31(39)21-23-11-15-27(16-12-23)35-34(43)38-20-19-25-7-5-6-10-30(25)38/h2-18,29H,19-22H2,1H3,(H,35,43)(H,36,42)(H,40,41). The summed E-state index contributed by atoms with van der Waals surface area (Å²) in [5, 5.41) is 15.1. The van der Waals surface area contributed by atoms with Gasteiger partial charge in [-0.1, -0.05) is 60.7 Å². The first kappa shape index (κ1) is 29.1. The van der Waals surface area contributed by atoms with Gasteiger partial charge in [-0.15, -0.1) is 0 Å². The number of hydrogen-bond donors (Lipinski definition) is 3. The van der Waals surface area contributed by atoms with Crippen LogP contribution in [0.2, 0.25) is 0 Å². The number of benzene rings is 4. The molecule has 1 heterocycles. The third-order valence-corrected chi connectivity index (χ3v) is 7.47. The van der Waals surface area contributed by atoms with Crippen molar-refractivity contribution >= 4 is 40.9 Å². The Hall–Kier alpha value is -5.44. The molecule has 4 amide bonds. The van der Waals surface area contributed by atoms with Crippen LogP contribution in [0.25, 0.3) is 0 Å². The molecule has 0 saturated carbocycles. The molecule has 0 saturated heterocycles. The highest BCUT2D eigenvalue weighted by atomic mass is 16.4. The first-order valence-electron chi connectivity index (χ1n) is 14.0. The fourth-order valence-corrected chi connectivity index (χ4v) is 5.07. The van der Waals surface area contributed by atoms with E-state index in [1.165, 1.54) is 4.90 Å². The maximum absolute atomic E-state index is 13.0. The zero-order chi connectivity index (χ0) is 30.3. The van der Waals surface area contributed by atoms with Gasteiger partial charge < -0.3 is 20.6 Å². The van der Waals surface area contributed by atoms with Gasteiger partial charge in [0.25, 0.3) is 5.91 Å². The average Bonchev–Trinajstić information content (AvgIpc) is 3.46. The Morgan fingerprint density at radius 1 is 0.860 bits per heavy atom. The first-order valence-corrected chi connectivity index (χ1v) is 14.0. The van der Waals surface area contributed by atoms with Crippen molar-refractivity contribution in [3.05, 3.63) is 125 Å². The second kappa shape index (κ2) is 13.0. The number of nitrogens with one attached hydrogen (secondary N) is 2. The fraction of sp³-hybridized carbons (Fsp3) is 0.176. The number of fused-ring (bicyclic) bond motifs is 1. The van der Waals surface area contributed by atoms with Crippen LogP contribution in [0, 0.1) is 0 Å².